The van der Waals surface area contributed by atoms with Crippen molar-refractivity contribution in [3.63, 3.8) is 0 Å². The SMILES string of the molecule is O=[N+]([O-])c1cc(/C=N/N=C/c2cc([N+](=O)[O-])cc([N+](=O)[O-])c2O)c(O)c([N+](=O)[O-])c1. The van der Waals surface area contributed by atoms with E-state index in [0.29, 0.717) is 24.6 Å². The second-order valence-corrected chi connectivity index (χ2v) is 5.32. The maximum Gasteiger partial charge on any atom is 0.318 e. The molecule has 0 saturated carbocycles. The minimum atomic E-state index is -1.05. The third-order valence-corrected chi connectivity index (χ3v) is 3.48. The van der Waals surface area contributed by atoms with E-state index in [9.17, 15) is 50.7 Å². The van der Waals surface area contributed by atoms with Crippen LogP contribution >= 0.6 is 0 Å². The van der Waals surface area contributed by atoms with Gasteiger partial charge in [-0.25, -0.2) is 0 Å². The van der Waals surface area contributed by atoms with Crippen molar-refractivity contribution in [3.05, 3.63) is 75.8 Å². The minimum absolute atomic E-state index is 0.442. The molecule has 2 rings (SSSR count). The number of nitrogens with zero attached hydrogens (tertiary/aromatic N) is 6. The largest absolute Gasteiger partial charge is 0.502 e. The first-order chi connectivity index (χ1) is 14.0. The molecule has 0 aromatic heterocycles. The van der Waals surface area contributed by atoms with E-state index >= 15 is 0 Å². The van der Waals surface area contributed by atoms with Crippen molar-refractivity contribution in [2.24, 2.45) is 10.2 Å². The molecule has 0 unspecified atom stereocenters. The van der Waals surface area contributed by atoms with Crippen LogP contribution in [0.3, 0.4) is 0 Å². The van der Waals surface area contributed by atoms with Crippen LogP contribution in [0, 0.1) is 40.5 Å². The van der Waals surface area contributed by atoms with Gasteiger partial charge in [-0.15, -0.1) is 0 Å². The van der Waals surface area contributed by atoms with Gasteiger partial charge in [0, 0.05) is 12.1 Å². The first-order valence-corrected chi connectivity index (χ1v) is 7.41. The number of phenolic OH excluding ortho intramolecular Hbond substituents is 2. The van der Waals surface area contributed by atoms with Crippen LogP contribution in [0.2, 0.25) is 0 Å². The van der Waals surface area contributed by atoms with Crippen LogP contribution in [0.25, 0.3) is 0 Å². The molecule has 154 valence electrons. The highest BCUT2D eigenvalue weighted by atomic mass is 16.6. The fourth-order valence-corrected chi connectivity index (χ4v) is 2.13. The quantitative estimate of drug-likeness (QED) is 0.376. The first kappa shape index (κ1) is 21.3. The molecule has 0 bridgehead atoms. The summed E-state index contributed by atoms with van der Waals surface area (Å²) in [5.41, 5.74) is -4.22. The topological polar surface area (TPSA) is 238 Å². The van der Waals surface area contributed by atoms with Gasteiger partial charge in [-0.1, -0.05) is 0 Å². The number of nitro benzene ring substituents is 4. The molecule has 16 heteroatoms. The van der Waals surface area contributed by atoms with E-state index in [0.717, 1.165) is 12.1 Å². The molecule has 0 heterocycles. The van der Waals surface area contributed by atoms with Gasteiger partial charge in [0.25, 0.3) is 11.4 Å². The third kappa shape index (κ3) is 4.44. The third-order valence-electron chi connectivity index (χ3n) is 3.48. The van der Waals surface area contributed by atoms with Gasteiger partial charge in [-0.3, -0.25) is 40.5 Å². The highest BCUT2D eigenvalue weighted by molar-refractivity contribution is 5.89. The molecule has 2 aromatic rings. The summed E-state index contributed by atoms with van der Waals surface area (Å²) in [4.78, 5) is 39.5. The molecule has 0 radical (unpaired) electrons. The number of phenols is 2. The second kappa shape index (κ2) is 8.33. The zero-order chi connectivity index (χ0) is 22.6. The van der Waals surface area contributed by atoms with Gasteiger partial charge in [0.05, 0.1) is 55.4 Å². The molecule has 0 aliphatic carbocycles. The Morgan fingerprint density at radius 3 is 1.23 bits per heavy atom. The molecular formula is C14H8N6O10. The Balaban J connectivity index is 2.45. The average Bonchev–Trinajstić information content (AvgIpc) is 2.66. The normalized spacial score (nSPS) is 11.1. The molecule has 0 fully saturated rings. The van der Waals surface area contributed by atoms with Crippen LogP contribution in [0.15, 0.2) is 34.5 Å². The Kier molecular flexibility index (Phi) is 5.91. The lowest BCUT2D eigenvalue weighted by Gasteiger charge is -2.01. The fourth-order valence-electron chi connectivity index (χ4n) is 2.13. The Hall–Kier alpha value is -5.02. The summed E-state index contributed by atoms with van der Waals surface area (Å²) < 4.78 is 0. The van der Waals surface area contributed by atoms with E-state index in [1.807, 2.05) is 0 Å². The number of rotatable bonds is 7. The van der Waals surface area contributed by atoms with Crippen molar-refractivity contribution in [1.29, 1.82) is 0 Å². The molecule has 16 nitrogen and oxygen atoms in total. The lowest BCUT2D eigenvalue weighted by molar-refractivity contribution is -0.395. The van der Waals surface area contributed by atoms with Crippen LogP contribution in [0.1, 0.15) is 11.1 Å². The van der Waals surface area contributed by atoms with Gasteiger partial charge < -0.3 is 10.2 Å². The van der Waals surface area contributed by atoms with Gasteiger partial charge in [0.15, 0.2) is 0 Å². The van der Waals surface area contributed by atoms with Crippen LogP contribution in [-0.4, -0.2) is 42.3 Å². The van der Waals surface area contributed by atoms with Crippen molar-refractivity contribution in [2.45, 2.75) is 0 Å². The average molecular weight is 420 g/mol. The molecule has 0 aliphatic rings. The highest BCUT2D eigenvalue weighted by Gasteiger charge is 2.24. The number of hydrogen-bond donors (Lipinski definition) is 2. The summed E-state index contributed by atoms with van der Waals surface area (Å²) in [6.45, 7) is 0. The predicted molar refractivity (Wildman–Crippen MR) is 98.0 cm³/mol. The monoisotopic (exact) mass is 420 g/mol. The zero-order valence-corrected chi connectivity index (χ0v) is 14.3. The van der Waals surface area contributed by atoms with Gasteiger partial charge in [0.1, 0.15) is 0 Å². The summed E-state index contributed by atoms with van der Waals surface area (Å²) in [5, 5.41) is 69.9. The zero-order valence-electron chi connectivity index (χ0n) is 14.3. The molecule has 30 heavy (non-hydrogen) atoms. The Labute approximate surface area is 163 Å². The molecule has 2 aromatic carbocycles. The smallest absolute Gasteiger partial charge is 0.318 e. The molecule has 2 N–H and O–H groups in total. The van der Waals surface area contributed by atoms with E-state index in [4.69, 9.17) is 0 Å². The van der Waals surface area contributed by atoms with Crippen molar-refractivity contribution < 1.29 is 29.9 Å². The van der Waals surface area contributed by atoms with Crippen molar-refractivity contribution in [3.8, 4) is 11.5 Å². The van der Waals surface area contributed by atoms with Gasteiger partial charge in [-0.2, -0.15) is 10.2 Å². The summed E-state index contributed by atoms with van der Waals surface area (Å²) in [6, 6.07) is 2.63. The van der Waals surface area contributed by atoms with Gasteiger partial charge in [0.2, 0.25) is 11.5 Å². The number of hydrogen-bond acceptors (Lipinski definition) is 12. The van der Waals surface area contributed by atoms with E-state index in [-0.39, 0.29) is 0 Å². The number of nitro groups is 4. The Morgan fingerprint density at radius 2 is 0.967 bits per heavy atom. The lowest BCUT2D eigenvalue weighted by atomic mass is 10.1. The molecule has 0 aliphatic heterocycles. The van der Waals surface area contributed by atoms with Crippen LogP contribution in [0.5, 0.6) is 11.5 Å². The second-order valence-electron chi connectivity index (χ2n) is 5.32. The van der Waals surface area contributed by atoms with Crippen LogP contribution in [0.4, 0.5) is 22.7 Å². The molecule has 0 atom stereocenters. The van der Waals surface area contributed by atoms with Gasteiger partial charge in [-0.05, 0) is 0 Å². The summed E-state index contributed by atoms with van der Waals surface area (Å²) in [5.74, 6) is -1.86. The number of aromatic hydroxyl groups is 2. The van der Waals surface area contributed by atoms with Crippen LogP contribution in [-0.2, 0) is 0 Å². The van der Waals surface area contributed by atoms with Crippen LogP contribution < -0.4 is 0 Å². The van der Waals surface area contributed by atoms with Gasteiger partial charge >= 0.3 is 11.4 Å². The van der Waals surface area contributed by atoms with E-state index in [1.54, 1.807) is 0 Å². The minimum Gasteiger partial charge on any atom is -0.502 e. The standard InChI is InChI=1S/C14H8N6O10/c21-13-7(1-9(17(23)24)3-11(13)19(27)28)5-15-16-6-8-2-10(18(25)26)4-12(14(8)22)20(29)30/h1-6,21-22H/b15-5+,16-6+. The van der Waals surface area contributed by atoms with Crippen molar-refractivity contribution in [2.75, 3.05) is 0 Å². The molecule has 0 spiro atoms. The lowest BCUT2D eigenvalue weighted by Crippen LogP contribution is -1.97. The highest BCUT2D eigenvalue weighted by Crippen LogP contribution is 2.34. The summed E-state index contributed by atoms with van der Waals surface area (Å²) >= 11 is 0. The molecular weight excluding hydrogens is 412 g/mol. The van der Waals surface area contributed by atoms with E-state index < -0.39 is 65.1 Å². The summed E-state index contributed by atoms with van der Waals surface area (Å²) in [7, 11) is 0. The molecule has 0 saturated heterocycles. The first-order valence-electron chi connectivity index (χ1n) is 7.41. The number of benzene rings is 2. The Bertz CT molecular complexity index is 1050. The Morgan fingerprint density at radius 1 is 0.633 bits per heavy atom. The van der Waals surface area contributed by atoms with Crippen molar-refractivity contribution in [1.82, 2.24) is 0 Å². The van der Waals surface area contributed by atoms with E-state index in [2.05, 4.69) is 10.2 Å². The summed E-state index contributed by atoms with van der Waals surface area (Å²) in [6.07, 6.45) is 1.41. The maximum absolute atomic E-state index is 10.9. The predicted octanol–water partition coefficient (Wildman–Crippen LogP) is 2.18. The van der Waals surface area contributed by atoms with E-state index in [1.165, 1.54) is 0 Å². The fraction of sp³-hybridized carbons (Fsp3) is 0. The molecule has 0 amide bonds. The maximum atomic E-state index is 10.9. The van der Waals surface area contributed by atoms with Crippen molar-refractivity contribution >= 4 is 35.2 Å². The number of non-ortho nitro benzene ring substituents is 2.